The highest BCUT2D eigenvalue weighted by atomic mass is 16.6. The Morgan fingerprint density at radius 1 is 1.25 bits per heavy atom. The third-order valence-corrected chi connectivity index (χ3v) is 3.31. The van der Waals surface area contributed by atoms with E-state index in [1.165, 1.54) is 6.26 Å². The van der Waals surface area contributed by atoms with Gasteiger partial charge >= 0.3 is 5.97 Å². The summed E-state index contributed by atoms with van der Waals surface area (Å²) in [4.78, 5) is 16.1. The maximum Gasteiger partial charge on any atom is 0.363 e. The molecular weight excluding hydrogens is 310 g/mol. The molecule has 0 atom stereocenters. The summed E-state index contributed by atoms with van der Waals surface area (Å²) in [6, 6.07) is 8.79. The van der Waals surface area contributed by atoms with E-state index in [4.69, 9.17) is 18.6 Å². The lowest BCUT2D eigenvalue weighted by atomic mass is 10.1. The van der Waals surface area contributed by atoms with E-state index in [9.17, 15) is 4.79 Å². The number of esters is 1. The summed E-state index contributed by atoms with van der Waals surface area (Å²) in [5.41, 5.74) is 0.964. The lowest BCUT2D eigenvalue weighted by molar-refractivity contribution is -0.130. The molecule has 0 spiro atoms. The number of carbonyl (C=O) groups is 1. The molecule has 1 aromatic heterocycles. The van der Waals surface area contributed by atoms with Crippen LogP contribution in [0.4, 0.5) is 0 Å². The van der Waals surface area contributed by atoms with Crippen molar-refractivity contribution in [3.8, 4) is 11.5 Å². The molecule has 24 heavy (non-hydrogen) atoms. The fourth-order valence-electron chi connectivity index (χ4n) is 2.18. The van der Waals surface area contributed by atoms with E-state index in [1.54, 1.807) is 37.5 Å². The number of aliphatic imine (C=N–C) groups is 1. The highest BCUT2D eigenvalue weighted by molar-refractivity contribution is 6.11. The van der Waals surface area contributed by atoms with Crippen molar-refractivity contribution in [2.75, 3.05) is 13.7 Å². The Hall–Kier alpha value is -3.02. The summed E-state index contributed by atoms with van der Waals surface area (Å²) < 4.78 is 21.3. The second-order valence-corrected chi connectivity index (χ2v) is 5.07. The minimum Gasteiger partial charge on any atom is -0.493 e. The van der Waals surface area contributed by atoms with Gasteiger partial charge in [-0.25, -0.2) is 9.79 Å². The van der Waals surface area contributed by atoms with E-state index in [0.29, 0.717) is 23.9 Å². The van der Waals surface area contributed by atoms with Gasteiger partial charge in [0.25, 0.3) is 5.90 Å². The van der Waals surface area contributed by atoms with Crippen LogP contribution in [0, 0.1) is 0 Å². The van der Waals surface area contributed by atoms with Gasteiger partial charge in [-0.1, -0.05) is 13.0 Å². The van der Waals surface area contributed by atoms with Crippen LogP contribution in [0.1, 0.15) is 24.7 Å². The van der Waals surface area contributed by atoms with Crippen molar-refractivity contribution in [1.29, 1.82) is 0 Å². The summed E-state index contributed by atoms with van der Waals surface area (Å²) >= 11 is 0. The van der Waals surface area contributed by atoms with Crippen molar-refractivity contribution in [1.82, 2.24) is 0 Å². The van der Waals surface area contributed by atoms with Crippen LogP contribution < -0.4 is 9.47 Å². The minimum atomic E-state index is -0.520. The average molecular weight is 327 g/mol. The summed E-state index contributed by atoms with van der Waals surface area (Å²) in [6.07, 6.45) is 4.02. The number of hydrogen-bond acceptors (Lipinski definition) is 6. The van der Waals surface area contributed by atoms with Crippen molar-refractivity contribution in [3.63, 3.8) is 0 Å². The standard InChI is InChI=1S/C18H17NO5/c1-3-8-22-16-11-12(6-7-14(16)21-2)10-13-18(20)24-17(19-13)15-5-4-9-23-15/h4-7,9-11H,3,8H2,1-2H3/b13-10-. The van der Waals surface area contributed by atoms with E-state index in [1.807, 2.05) is 13.0 Å². The number of nitrogens with zero attached hydrogens (tertiary/aromatic N) is 1. The van der Waals surface area contributed by atoms with Crippen molar-refractivity contribution in [2.24, 2.45) is 4.99 Å². The van der Waals surface area contributed by atoms with Crippen LogP contribution in [0.2, 0.25) is 0 Å². The zero-order valence-electron chi connectivity index (χ0n) is 13.4. The topological polar surface area (TPSA) is 70.3 Å². The molecule has 0 fully saturated rings. The molecule has 0 unspecified atom stereocenters. The maximum atomic E-state index is 12.0. The van der Waals surface area contributed by atoms with Crippen molar-refractivity contribution in [3.05, 3.63) is 53.6 Å². The average Bonchev–Trinajstić information content (AvgIpc) is 3.23. The Labute approximate surface area is 139 Å². The molecular formula is C18H17NO5. The zero-order valence-corrected chi connectivity index (χ0v) is 13.4. The van der Waals surface area contributed by atoms with Gasteiger partial charge in [-0.3, -0.25) is 0 Å². The number of furan rings is 1. The lowest BCUT2D eigenvalue weighted by Crippen LogP contribution is -2.04. The van der Waals surface area contributed by atoms with Gasteiger partial charge in [-0.15, -0.1) is 0 Å². The van der Waals surface area contributed by atoms with Crippen molar-refractivity contribution < 1.29 is 23.4 Å². The first-order valence-corrected chi connectivity index (χ1v) is 7.58. The molecule has 0 N–H and O–H groups in total. The van der Waals surface area contributed by atoms with E-state index in [-0.39, 0.29) is 11.6 Å². The first-order valence-electron chi connectivity index (χ1n) is 7.58. The number of rotatable bonds is 6. The molecule has 2 heterocycles. The van der Waals surface area contributed by atoms with Crippen LogP contribution >= 0.6 is 0 Å². The number of ether oxygens (including phenoxy) is 3. The molecule has 1 aliphatic rings. The van der Waals surface area contributed by atoms with Crippen LogP contribution in [0.25, 0.3) is 6.08 Å². The first-order chi connectivity index (χ1) is 11.7. The molecule has 0 saturated heterocycles. The first kappa shape index (κ1) is 15.9. The highest BCUT2D eigenvalue weighted by Gasteiger charge is 2.25. The van der Waals surface area contributed by atoms with E-state index in [0.717, 1.165) is 12.0 Å². The molecule has 0 aliphatic carbocycles. The lowest BCUT2D eigenvalue weighted by Gasteiger charge is -2.10. The maximum absolute atomic E-state index is 12.0. The largest absolute Gasteiger partial charge is 0.493 e. The van der Waals surface area contributed by atoms with E-state index < -0.39 is 5.97 Å². The second-order valence-electron chi connectivity index (χ2n) is 5.07. The Bertz CT molecular complexity index is 790. The van der Waals surface area contributed by atoms with Crippen LogP contribution in [0.15, 0.2) is 51.7 Å². The Morgan fingerprint density at radius 2 is 2.12 bits per heavy atom. The molecule has 6 nitrogen and oxygen atoms in total. The van der Waals surface area contributed by atoms with E-state index >= 15 is 0 Å². The normalized spacial score (nSPS) is 15.3. The fourth-order valence-corrected chi connectivity index (χ4v) is 2.18. The number of carbonyl (C=O) groups excluding carboxylic acids is 1. The predicted octanol–water partition coefficient (Wildman–Crippen LogP) is 3.42. The minimum absolute atomic E-state index is 0.159. The molecule has 1 aliphatic heterocycles. The van der Waals surface area contributed by atoms with Gasteiger partial charge in [0, 0.05) is 0 Å². The fraction of sp³-hybridized carbons (Fsp3) is 0.222. The molecule has 124 valence electrons. The van der Waals surface area contributed by atoms with Crippen molar-refractivity contribution >= 4 is 17.9 Å². The van der Waals surface area contributed by atoms with Crippen LogP contribution in [0.3, 0.4) is 0 Å². The summed E-state index contributed by atoms with van der Waals surface area (Å²) in [6.45, 7) is 2.61. The Kier molecular flexibility index (Phi) is 4.65. The van der Waals surface area contributed by atoms with Gasteiger partial charge in [0.2, 0.25) is 0 Å². The third kappa shape index (κ3) is 3.32. The van der Waals surface area contributed by atoms with Gasteiger partial charge in [0.1, 0.15) is 0 Å². The Balaban J connectivity index is 1.89. The highest BCUT2D eigenvalue weighted by Crippen LogP contribution is 2.30. The quantitative estimate of drug-likeness (QED) is 0.600. The summed E-state index contributed by atoms with van der Waals surface area (Å²) in [7, 11) is 1.58. The Morgan fingerprint density at radius 3 is 2.83 bits per heavy atom. The SMILES string of the molecule is CCCOc1cc(/C=C2\N=C(c3ccco3)OC2=O)ccc1OC. The summed E-state index contributed by atoms with van der Waals surface area (Å²) in [5.74, 6) is 1.31. The predicted molar refractivity (Wildman–Crippen MR) is 88.1 cm³/mol. The van der Waals surface area contributed by atoms with Crippen molar-refractivity contribution in [2.45, 2.75) is 13.3 Å². The van der Waals surface area contributed by atoms with Crippen LogP contribution in [-0.2, 0) is 9.53 Å². The second kappa shape index (κ2) is 7.04. The number of methoxy groups -OCH3 is 1. The molecule has 0 radical (unpaired) electrons. The molecule has 2 aromatic rings. The number of hydrogen-bond donors (Lipinski definition) is 0. The third-order valence-electron chi connectivity index (χ3n) is 3.31. The van der Waals surface area contributed by atoms with Gasteiger partial charge in [0.15, 0.2) is 23.0 Å². The van der Waals surface area contributed by atoms with Gasteiger partial charge < -0.3 is 18.6 Å². The molecule has 0 saturated carbocycles. The van der Waals surface area contributed by atoms with Gasteiger partial charge in [-0.05, 0) is 42.3 Å². The number of benzene rings is 1. The van der Waals surface area contributed by atoms with Gasteiger partial charge in [-0.2, -0.15) is 0 Å². The number of cyclic esters (lactones) is 1. The smallest absolute Gasteiger partial charge is 0.363 e. The molecule has 0 amide bonds. The molecule has 6 heteroatoms. The zero-order chi connectivity index (χ0) is 16.9. The van der Waals surface area contributed by atoms with Crippen LogP contribution in [0.5, 0.6) is 11.5 Å². The summed E-state index contributed by atoms with van der Waals surface area (Å²) in [5, 5.41) is 0. The van der Waals surface area contributed by atoms with E-state index in [2.05, 4.69) is 4.99 Å². The molecule has 3 rings (SSSR count). The van der Waals surface area contributed by atoms with Crippen LogP contribution in [-0.4, -0.2) is 25.6 Å². The molecule has 0 bridgehead atoms. The molecule has 1 aromatic carbocycles. The van der Waals surface area contributed by atoms with Gasteiger partial charge in [0.05, 0.1) is 20.0 Å². The monoisotopic (exact) mass is 327 g/mol.